The zero-order chi connectivity index (χ0) is 27.9. The fourth-order valence-electron chi connectivity index (χ4n) is 6.00. The largest absolute Gasteiger partial charge is 0.324 e. The molecule has 0 radical (unpaired) electrons. The summed E-state index contributed by atoms with van der Waals surface area (Å²) in [6, 6.07) is 28.7. The van der Waals surface area contributed by atoms with E-state index in [0.717, 1.165) is 55.3 Å². The normalized spacial score (nSPS) is 17.7. The molecule has 4 aromatic carbocycles. The Morgan fingerprint density at radius 3 is 1.64 bits per heavy atom. The summed E-state index contributed by atoms with van der Waals surface area (Å²) < 4.78 is 0. The molecule has 8 nitrogen and oxygen atoms in total. The smallest absolute Gasteiger partial charge is 0.170 e. The zero-order valence-electron chi connectivity index (χ0n) is 22.8. The summed E-state index contributed by atoms with van der Waals surface area (Å²) in [5.41, 5.74) is 9.29. The molecule has 1 unspecified atom stereocenters. The van der Waals surface area contributed by atoms with Crippen LogP contribution in [0.2, 0.25) is 0 Å². The van der Waals surface area contributed by atoms with Gasteiger partial charge in [-0.15, -0.1) is 0 Å². The van der Waals surface area contributed by atoms with Gasteiger partial charge < -0.3 is 4.98 Å². The van der Waals surface area contributed by atoms with Gasteiger partial charge in [0.1, 0.15) is 11.0 Å². The summed E-state index contributed by atoms with van der Waals surface area (Å²) in [7, 11) is 0. The summed E-state index contributed by atoms with van der Waals surface area (Å²) in [5.74, 6) is 2.98. The molecule has 0 aliphatic carbocycles. The van der Waals surface area contributed by atoms with Gasteiger partial charge >= 0.3 is 0 Å². The molecule has 1 N–H and O–H groups in total. The minimum absolute atomic E-state index is 0.483. The number of aryl methyl sites for hydroxylation is 2. The topological polar surface area (TPSA) is 102 Å². The molecule has 0 saturated carbocycles. The number of benzene rings is 4. The predicted octanol–water partition coefficient (Wildman–Crippen LogP) is 4.91. The highest BCUT2D eigenvalue weighted by molar-refractivity contribution is 6.26. The van der Waals surface area contributed by atoms with Gasteiger partial charge in [0, 0.05) is 44.2 Å². The number of hydrogen-bond donors (Lipinski definition) is 1. The van der Waals surface area contributed by atoms with Crippen LogP contribution in [0.1, 0.15) is 50.7 Å². The molecule has 8 heteroatoms. The molecule has 8 bridgehead atoms. The molecule has 0 fully saturated rings. The van der Waals surface area contributed by atoms with Gasteiger partial charge in [0.05, 0.1) is 0 Å². The van der Waals surface area contributed by atoms with Gasteiger partial charge in [0.2, 0.25) is 0 Å². The molecule has 42 heavy (non-hydrogen) atoms. The molecule has 0 saturated heterocycles. The molecule has 0 spiro atoms. The first-order valence-electron chi connectivity index (χ1n) is 13.9. The Kier molecular flexibility index (Phi) is 4.64. The number of fused-ring (bicyclic) bond motifs is 17. The standard InChI is InChI=1S/C34H22N8/c1-17-11-13-23-25(15-17)33-39-29-21-9-5-6-10-22(21)30(36-29)40-34-26-16-18(2)12-14-24(26)32(42-34)38-28-20-8-4-3-7-19(20)27(35-28)37-31(23)41-33/h3-16,33H,1-2H3,(H,35,36,37,38,39,40,41,42). The van der Waals surface area contributed by atoms with Crippen molar-refractivity contribution in [3.63, 3.8) is 0 Å². The summed E-state index contributed by atoms with van der Waals surface area (Å²) in [4.78, 5) is 38.6. The Bertz CT molecular complexity index is 2330. The number of nitrogens with zero attached hydrogens (tertiary/aromatic N) is 7. The van der Waals surface area contributed by atoms with Crippen LogP contribution < -0.4 is 11.0 Å². The maximum absolute atomic E-state index is 5.10. The minimum Gasteiger partial charge on any atom is -0.324 e. The molecule has 9 rings (SSSR count). The van der Waals surface area contributed by atoms with Crippen molar-refractivity contribution in [3.05, 3.63) is 140 Å². The van der Waals surface area contributed by atoms with Crippen molar-refractivity contribution in [2.45, 2.75) is 20.0 Å². The van der Waals surface area contributed by atoms with Gasteiger partial charge in [-0.1, -0.05) is 90.0 Å². The molecule has 1 atom stereocenters. The van der Waals surface area contributed by atoms with E-state index in [2.05, 4.69) is 55.2 Å². The number of aromatic nitrogens is 1. The van der Waals surface area contributed by atoms with E-state index in [9.17, 15) is 0 Å². The second kappa shape index (κ2) is 8.44. The lowest BCUT2D eigenvalue weighted by Gasteiger charge is -2.06. The van der Waals surface area contributed by atoms with E-state index in [4.69, 9.17) is 34.9 Å². The van der Waals surface area contributed by atoms with Gasteiger partial charge in [0.15, 0.2) is 35.3 Å². The second-order valence-corrected chi connectivity index (χ2v) is 10.9. The van der Waals surface area contributed by atoms with Crippen molar-refractivity contribution in [1.29, 1.82) is 0 Å². The summed E-state index contributed by atoms with van der Waals surface area (Å²) in [6.07, 6.45) is -0.483. The van der Waals surface area contributed by atoms with E-state index in [1.54, 1.807) is 0 Å². The van der Waals surface area contributed by atoms with Crippen LogP contribution in [0.15, 0.2) is 120 Å². The highest BCUT2D eigenvalue weighted by atomic mass is 15.2. The van der Waals surface area contributed by atoms with Crippen LogP contribution in [0.5, 0.6) is 0 Å². The molecule has 4 aliphatic heterocycles. The van der Waals surface area contributed by atoms with Crippen LogP contribution in [0.3, 0.4) is 0 Å². The Hall–Kier alpha value is -5.63. The number of aromatic amines is 1. The fourth-order valence-corrected chi connectivity index (χ4v) is 6.00. The molecule has 5 aromatic rings. The first-order chi connectivity index (χ1) is 20.6. The van der Waals surface area contributed by atoms with Crippen LogP contribution in [-0.2, 0) is 0 Å². The van der Waals surface area contributed by atoms with E-state index < -0.39 is 6.17 Å². The first kappa shape index (κ1) is 23.1. The van der Waals surface area contributed by atoms with Crippen molar-refractivity contribution in [2.24, 2.45) is 34.9 Å². The predicted molar refractivity (Wildman–Crippen MR) is 165 cm³/mol. The monoisotopic (exact) mass is 542 g/mol. The van der Waals surface area contributed by atoms with Crippen molar-refractivity contribution >= 4 is 40.0 Å². The van der Waals surface area contributed by atoms with Crippen LogP contribution in [-0.4, -0.2) is 34.2 Å². The van der Waals surface area contributed by atoms with E-state index in [1.165, 1.54) is 0 Å². The summed E-state index contributed by atoms with van der Waals surface area (Å²) >= 11 is 0. The van der Waals surface area contributed by atoms with Crippen LogP contribution in [0.4, 0.5) is 0 Å². The Morgan fingerprint density at radius 1 is 0.476 bits per heavy atom. The number of hydrogen-bond acceptors (Lipinski definition) is 7. The number of H-pyrrole nitrogens is 1. The third kappa shape index (κ3) is 3.38. The van der Waals surface area contributed by atoms with E-state index in [0.29, 0.717) is 40.2 Å². The molecule has 1 aromatic heterocycles. The maximum atomic E-state index is 5.10. The SMILES string of the molecule is Cc1ccc2c(c1)C1N=C3N=C(N=c4[nH]c(c5ccc(C)cc45)=NC4=NC(=NC2=N1)c1ccccc14)c1ccccc13. The lowest BCUT2D eigenvalue weighted by Crippen LogP contribution is -2.15. The minimum atomic E-state index is -0.483. The molecular weight excluding hydrogens is 520 g/mol. The van der Waals surface area contributed by atoms with E-state index in [1.807, 2.05) is 48.5 Å². The van der Waals surface area contributed by atoms with Crippen LogP contribution in [0.25, 0.3) is 10.8 Å². The number of amidine groups is 5. The summed E-state index contributed by atoms with van der Waals surface area (Å²) in [6.45, 7) is 4.15. The Balaban J connectivity index is 1.40. The van der Waals surface area contributed by atoms with Crippen LogP contribution in [0, 0.1) is 13.8 Å². The molecule has 0 amide bonds. The lowest BCUT2D eigenvalue weighted by molar-refractivity contribution is 0.795. The highest BCUT2D eigenvalue weighted by Gasteiger charge is 2.30. The lowest BCUT2D eigenvalue weighted by atomic mass is 10.0. The van der Waals surface area contributed by atoms with Gasteiger partial charge in [-0.25, -0.2) is 34.9 Å². The quantitative estimate of drug-likeness (QED) is 0.287. The molecule has 198 valence electrons. The Morgan fingerprint density at radius 2 is 0.976 bits per heavy atom. The van der Waals surface area contributed by atoms with Gasteiger partial charge in [-0.3, -0.25) is 0 Å². The maximum Gasteiger partial charge on any atom is 0.170 e. The highest BCUT2D eigenvalue weighted by Crippen LogP contribution is 2.34. The first-order valence-corrected chi connectivity index (χ1v) is 13.9. The van der Waals surface area contributed by atoms with Gasteiger partial charge in [0.25, 0.3) is 0 Å². The second-order valence-electron chi connectivity index (χ2n) is 10.9. The molecule has 4 aliphatic rings. The van der Waals surface area contributed by atoms with Crippen molar-refractivity contribution in [2.75, 3.05) is 0 Å². The van der Waals surface area contributed by atoms with Crippen molar-refractivity contribution in [1.82, 2.24) is 4.98 Å². The van der Waals surface area contributed by atoms with Crippen LogP contribution >= 0.6 is 0 Å². The van der Waals surface area contributed by atoms with E-state index >= 15 is 0 Å². The fraction of sp³-hybridized carbons (Fsp3) is 0.0882. The van der Waals surface area contributed by atoms with Crippen molar-refractivity contribution in [3.8, 4) is 0 Å². The number of aliphatic imine (C=N–C) groups is 5. The average molecular weight is 543 g/mol. The molecular formula is C34H22N8. The van der Waals surface area contributed by atoms with Gasteiger partial charge in [-0.2, -0.15) is 0 Å². The van der Waals surface area contributed by atoms with Crippen molar-refractivity contribution < 1.29 is 0 Å². The third-order valence-corrected chi connectivity index (χ3v) is 8.03. The average Bonchev–Trinajstić information content (AvgIpc) is 3.72. The summed E-state index contributed by atoms with van der Waals surface area (Å²) in [5, 5.41) is 1.93. The number of rotatable bonds is 0. The Labute approximate surface area is 240 Å². The third-order valence-electron chi connectivity index (χ3n) is 8.03. The zero-order valence-corrected chi connectivity index (χ0v) is 22.8. The number of nitrogens with one attached hydrogen (secondary N) is 1. The van der Waals surface area contributed by atoms with E-state index in [-0.39, 0.29) is 0 Å². The molecule has 5 heterocycles. The van der Waals surface area contributed by atoms with Gasteiger partial charge in [-0.05, 0) is 19.9 Å².